The van der Waals surface area contributed by atoms with Crippen molar-refractivity contribution >= 4 is 22.7 Å². The third-order valence-electron chi connectivity index (χ3n) is 5.88. The molecule has 1 aliphatic rings. The van der Waals surface area contributed by atoms with Crippen LogP contribution in [0.1, 0.15) is 63.2 Å². The Morgan fingerprint density at radius 2 is 2.04 bits per heavy atom. The highest BCUT2D eigenvalue weighted by Gasteiger charge is 2.41. The molecule has 1 unspecified atom stereocenters. The van der Waals surface area contributed by atoms with Crippen LogP contribution in [-0.2, 0) is 5.60 Å². The first-order valence-electron chi connectivity index (χ1n) is 9.98. The van der Waals surface area contributed by atoms with Gasteiger partial charge in [-0.3, -0.25) is 0 Å². The number of fused-ring (bicyclic) bond motifs is 1. The second-order valence-electron chi connectivity index (χ2n) is 7.52. The summed E-state index contributed by atoms with van der Waals surface area (Å²) >= 11 is 1.84. The highest BCUT2D eigenvalue weighted by atomic mass is 32.2. The summed E-state index contributed by atoms with van der Waals surface area (Å²) in [5, 5.41) is 12.6. The molecule has 1 heterocycles. The molecular formula is C22H32O3S. The zero-order chi connectivity index (χ0) is 18.6. The van der Waals surface area contributed by atoms with Gasteiger partial charge in [-0.15, -0.1) is 0 Å². The van der Waals surface area contributed by atoms with Gasteiger partial charge in [0, 0.05) is 10.9 Å². The van der Waals surface area contributed by atoms with Gasteiger partial charge in [-0.1, -0.05) is 26.2 Å². The van der Waals surface area contributed by atoms with Crippen molar-refractivity contribution in [2.75, 3.05) is 18.6 Å². The molecule has 1 atom stereocenters. The quantitative estimate of drug-likeness (QED) is 0.569. The van der Waals surface area contributed by atoms with E-state index in [4.69, 9.17) is 9.15 Å². The van der Waals surface area contributed by atoms with Crippen molar-refractivity contribution in [1.82, 2.24) is 0 Å². The van der Waals surface area contributed by atoms with Crippen molar-refractivity contribution in [1.29, 1.82) is 0 Å². The lowest BCUT2D eigenvalue weighted by atomic mass is 9.73. The Hall–Kier alpha value is -1.13. The maximum Gasteiger partial charge on any atom is 0.140 e. The minimum Gasteiger partial charge on any atom is -0.494 e. The predicted octanol–water partition coefficient (Wildman–Crippen LogP) is 6.05. The van der Waals surface area contributed by atoms with Crippen molar-refractivity contribution in [3.8, 4) is 5.75 Å². The molecule has 3 nitrogen and oxygen atoms in total. The molecule has 0 aliphatic heterocycles. The molecule has 0 bridgehead atoms. The maximum absolute atomic E-state index is 11.5. The number of benzene rings is 1. The zero-order valence-corrected chi connectivity index (χ0v) is 17.2. The standard InChI is InChI=1S/C22H32O3S/c1-4-22(23,17-9-6-5-7-10-17)21-16(2)19-15-18(11-12-20(19)25-21)24-13-8-14-26-3/h11-12,15,17,23H,4-10,13-14H2,1-3H3. The third-order valence-corrected chi connectivity index (χ3v) is 6.58. The van der Waals surface area contributed by atoms with E-state index in [1.807, 2.05) is 23.9 Å². The summed E-state index contributed by atoms with van der Waals surface area (Å²) in [4.78, 5) is 0. The van der Waals surface area contributed by atoms with Crippen molar-refractivity contribution in [2.24, 2.45) is 5.92 Å². The topological polar surface area (TPSA) is 42.6 Å². The van der Waals surface area contributed by atoms with Crippen LogP contribution < -0.4 is 4.74 Å². The molecule has 3 rings (SSSR count). The van der Waals surface area contributed by atoms with Gasteiger partial charge >= 0.3 is 0 Å². The summed E-state index contributed by atoms with van der Waals surface area (Å²) in [5.41, 5.74) is 1.05. The largest absolute Gasteiger partial charge is 0.494 e. The van der Waals surface area contributed by atoms with E-state index in [0.29, 0.717) is 12.3 Å². The van der Waals surface area contributed by atoms with Gasteiger partial charge in [-0.05, 0) is 68.7 Å². The summed E-state index contributed by atoms with van der Waals surface area (Å²) < 4.78 is 12.1. The fourth-order valence-corrected chi connectivity index (χ4v) is 4.72. The average molecular weight is 377 g/mol. The van der Waals surface area contributed by atoms with Crippen molar-refractivity contribution < 1.29 is 14.3 Å². The van der Waals surface area contributed by atoms with Crippen LogP contribution in [0.4, 0.5) is 0 Å². The van der Waals surface area contributed by atoms with Crippen molar-refractivity contribution in [3.63, 3.8) is 0 Å². The molecule has 4 heteroatoms. The van der Waals surface area contributed by atoms with Crippen LogP contribution in [0.25, 0.3) is 11.0 Å². The Labute approximate surface area is 161 Å². The number of aryl methyl sites for hydroxylation is 1. The summed E-state index contributed by atoms with van der Waals surface area (Å²) in [5.74, 6) is 3.05. The van der Waals surface area contributed by atoms with Gasteiger partial charge in [-0.25, -0.2) is 0 Å². The number of hydrogen-bond donors (Lipinski definition) is 1. The minimum atomic E-state index is -0.858. The first-order valence-corrected chi connectivity index (χ1v) is 11.4. The fraction of sp³-hybridized carbons (Fsp3) is 0.636. The van der Waals surface area contributed by atoms with Gasteiger partial charge in [0.25, 0.3) is 0 Å². The van der Waals surface area contributed by atoms with Crippen LogP contribution in [0.5, 0.6) is 5.75 Å². The lowest BCUT2D eigenvalue weighted by molar-refractivity contribution is -0.0584. The van der Waals surface area contributed by atoms with Gasteiger partial charge in [0.05, 0.1) is 6.61 Å². The minimum absolute atomic E-state index is 0.294. The summed E-state index contributed by atoms with van der Waals surface area (Å²) in [6.45, 7) is 4.88. The predicted molar refractivity (Wildman–Crippen MR) is 110 cm³/mol. The molecule has 26 heavy (non-hydrogen) atoms. The van der Waals surface area contributed by atoms with Crippen LogP contribution in [0.2, 0.25) is 0 Å². The molecule has 0 radical (unpaired) electrons. The average Bonchev–Trinajstić information content (AvgIpc) is 3.02. The molecule has 1 aromatic heterocycles. The Kier molecular flexibility index (Phi) is 6.57. The summed E-state index contributed by atoms with van der Waals surface area (Å²) in [6.07, 6.45) is 9.73. The van der Waals surface area contributed by atoms with E-state index in [-0.39, 0.29) is 0 Å². The van der Waals surface area contributed by atoms with Gasteiger partial charge < -0.3 is 14.3 Å². The van der Waals surface area contributed by atoms with Crippen LogP contribution in [0, 0.1) is 12.8 Å². The van der Waals surface area contributed by atoms with E-state index in [1.54, 1.807) is 0 Å². The molecule has 1 aliphatic carbocycles. The van der Waals surface area contributed by atoms with E-state index in [9.17, 15) is 5.11 Å². The highest BCUT2D eigenvalue weighted by Crippen LogP contribution is 2.45. The number of aliphatic hydroxyl groups is 1. The molecule has 1 fully saturated rings. The second-order valence-corrected chi connectivity index (χ2v) is 8.51. The second kappa shape index (κ2) is 8.71. The maximum atomic E-state index is 11.5. The molecular weight excluding hydrogens is 344 g/mol. The van der Waals surface area contributed by atoms with E-state index in [0.717, 1.165) is 59.7 Å². The Morgan fingerprint density at radius 3 is 2.73 bits per heavy atom. The zero-order valence-electron chi connectivity index (χ0n) is 16.3. The normalized spacial score (nSPS) is 18.2. The van der Waals surface area contributed by atoms with Crippen molar-refractivity contribution in [2.45, 2.75) is 64.4 Å². The van der Waals surface area contributed by atoms with Gasteiger partial charge in [0.2, 0.25) is 0 Å². The number of rotatable bonds is 8. The molecule has 0 amide bonds. The van der Waals surface area contributed by atoms with Crippen LogP contribution in [0.3, 0.4) is 0 Å². The van der Waals surface area contributed by atoms with Gasteiger partial charge in [0.15, 0.2) is 0 Å². The number of hydrogen-bond acceptors (Lipinski definition) is 4. The van der Waals surface area contributed by atoms with Crippen molar-refractivity contribution in [3.05, 3.63) is 29.5 Å². The Balaban J connectivity index is 1.87. The van der Waals surface area contributed by atoms with Gasteiger partial charge in [0.1, 0.15) is 22.7 Å². The monoisotopic (exact) mass is 376 g/mol. The molecule has 0 spiro atoms. The van der Waals surface area contributed by atoms with Crippen LogP contribution >= 0.6 is 11.8 Å². The van der Waals surface area contributed by atoms with E-state index < -0.39 is 5.60 Å². The number of thioether (sulfide) groups is 1. The van der Waals surface area contributed by atoms with E-state index >= 15 is 0 Å². The van der Waals surface area contributed by atoms with Crippen LogP contribution in [-0.4, -0.2) is 23.7 Å². The molecule has 144 valence electrons. The van der Waals surface area contributed by atoms with Gasteiger partial charge in [-0.2, -0.15) is 11.8 Å². The summed E-state index contributed by atoms with van der Waals surface area (Å²) in [6, 6.07) is 6.01. The number of furan rings is 1. The smallest absolute Gasteiger partial charge is 0.140 e. The first-order chi connectivity index (χ1) is 12.6. The molecule has 1 N–H and O–H groups in total. The SMILES string of the molecule is CCC(O)(c1oc2ccc(OCCCSC)cc2c1C)C1CCCCC1. The molecule has 1 saturated carbocycles. The van der Waals surface area contributed by atoms with Crippen LogP contribution in [0.15, 0.2) is 22.6 Å². The highest BCUT2D eigenvalue weighted by molar-refractivity contribution is 7.98. The summed E-state index contributed by atoms with van der Waals surface area (Å²) in [7, 11) is 0. The lowest BCUT2D eigenvalue weighted by Crippen LogP contribution is -2.36. The molecule has 2 aromatic rings. The fourth-order valence-electron chi connectivity index (χ4n) is 4.31. The Bertz CT molecular complexity index is 717. The van der Waals surface area contributed by atoms with E-state index in [1.165, 1.54) is 19.3 Å². The molecule has 0 saturated heterocycles. The Morgan fingerprint density at radius 1 is 1.27 bits per heavy atom. The first kappa shape index (κ1) is 19.6. The lowest BCUT2D eigenvalue weighted by Gasteiger charge is -2.36. The molecule has 1 aromatic carbocycles. The van der Waals surface area contributed by atoms with E-state index in [2.05, 4.69) is 26.2 Å². The number of ether oxygens (including phenoxy) is 1. The third kappa shape index (κ3) is 3.91.